The number of hydrogen-bond donors (Lipinski definition) is 2. The van der Waals surface area contributed by atoms with Crippen LogP contribution in [-0.4, -0.2) is 46.4 Å². The first kappa shape index (κ1) is 19.1. The number of aryl methyl sites for hydroxylation is 1. The van der Waals surface area contributed by atoms with Gasteiger partial charge in [-0.05, 0) is 24.6 Å². The van der Waals surface area contributed by atoms with Gasteiger partial charge in [0.1, 0.15) is 13.1 Å². The molecule has 5 nitrogen and oxygen atoms in total. The van der Waals surface area contributed by atoms with Crippen molar-refractivity contribution in [2.45, 2.75) is 19.6 Å². The van der Waals surface area contributed by atoms with Crippen LogP contribution in [-0.2, 0) is 11.3 Å². The van der Waals surface area contributed by atoms with E-state index < -0.39 is 18.6 Å². The Hall–Kier alpha value is -1.96. The van der Waals surface area contributed by atoms with Gasteiger partial charge in [-0.2, -0.15) is 13.2 Å². The third kappa shape index (κ3) is 6.35. The van der Waals surface area contributed by atoms with Crippen molar-refractivity contribution in [2.24, 2.45) is 0 Å². The summed E-state index contributed by atoms with van der Waals surface area (Å²) in [7, 11) is 4.81. The van der Waals surface area contributed by atoms with E-state index in [9.17, 15) is 18.0 Å². The zero-order valence-corrected chi connectivity index (χ0v) is 13.6. The standard InChI is InChI=1S/C15H21F3N2O3/c1-10-5-12(22-3)13(23-4)6-11(10)7-20(2)8-14(21)19-9-15(16,17)18/h5-6H,7-9H2,1-4H3,(H,19,21)/p+1. The summed E-state index contributed by atoms with van der Waals surface area (Å²) in [6.45, 7) is 1.01. The third-order valence-electron chi connectivity index (χ3n) is 3.28. The number of benzene rings is 1. The van der Waals surface area contributed by atoms with Crippen LogP contribution in [0.25, 0.3) is 0 Å². The molecule has 0 bridgehead atoms. The first-order chi connectivity index (χ1) is 10.7. The fourth-order valence-corrected chi connectivity index (χ4v) is 2.14. The van der Waals surface area contributed by atoms with Crippen LogP contribution in [0.15, 0.2) is 12.1 Å². The van der Waals surface area contributed by atoms with Crippen LogP contribution in [0.5, 0.6) is 11.5 Å². The number of alkyl halides is 3. The summed E-state index contributed by atoms with van der Waals surface area (Å²) in [5, 5.41) is 1.87. The van der Waals surface area contributed by atoms with E-state index in [1.165, 1.54) is 7.11 Å². The minimum absolute atomic E-state index is 0.0517. The highest BCUT2D eigenvalue weighted by Crippen LogP contribution is 2.29. The van der Waals surface area contributed by atoms with Crippen molar-refractivity contribution in [3.63, 3.8) is 0 Å². The summed E-state index contributed by atoms with van der Waals surface area (Å²) >= 11 is 0. The summed E-state index contributed by atoms with van der Waals surface area (Å²) in [6, 6.07) is 3.64. The number of rotatable bonds is 7. The van der Waals surface area contributed by atoms with Crippen LogP contribution in [0.4, 0.5) is 13.2 Å². The molecule has 23 heavy (non-hydrogen) atoms. The lowest BCUT2D eigenvalue weighted by molar-refractivity contribution is -0.885. The van der Waals surface area contributed by atoms with Gasteiger partial charge in [0.05, 0.1) is 21.3 Å². The van der Waals surface area contributed by atoms with E-state index in [0.717, 1.165) is 16.0 Å². The van der Waals surface area contributed by atoms with Crippen molar-refractivity contribution in [3.05, 3.63) is 23.3 Å². The fraction of sp³-hybridized carbons (Fsp3) is 0.533. The largest absolute Gasteiger partial charge is 0.493 e. The first-order valence-corrected chi connectivity index (χ1v) is 7.02. The van der Waals surface area contributed by atoms with Gasteiger partial charge >= 0.3 is 6.18 Å². The monoisotopic (exact) mass is 335 g/mol. The van der Waals surface area contributed by atoms with E-state index in [1.807, 2.05) is 24.4 Å². The number of amides is 1. The van der Waals surface area contributed by atoms with Crippen molar-refractivity contribution < 1.29 is 32.3 Å². The molecular formula is C15H22F3N2O3+. The molecule has 0 saturated heterocycles. The minimum atomic E-state index is -4.40. The lowest BCUT2D eigenvalue weighted by Gasteiger charge is -2.17. The molecule has 0 aliphatic carbocycles. The van der Waals surface area contributed by atoms with Gasteiger partial charge in [0.15, 0.2) is 18.0 Å². The quantitative estimate of drug-likeness (QED) is 0.772. The number of quaternary nitrogens is 1. The fourth-order valence-electron chi connectivity index (χ4n) is 2.14. The second-order valence-electron chi connectivity index (χ2n) is 5.34. The Morgan fingerprint density at radius 1 is 1.22 bits per heavy atom. The maximum Gasteiger partial charge on any atom is 0.405 e. The van der Waals surface area contributed by atoms with Crippen LogP contribution < -0.4 is 19.7 Å². The molecule has 1 aromatic rings. The molecule has 0 aliphatic rings. The van der Waals surface area contributed by atoms with E-state index in [0.29, 0.717) is 18.0 Å². The van der Waals surface area contributed by atoms with Crippen molar-refractivity contribution in [1.82, 2.24) is 5.32 Å². The zero-order chi connectivity index (χ0) is 17.6. The lowest BCUT2D eigenvalue weighted by Crippen LogP contribution is -3.09. The molecule has 8 heteroatoms. The van der Waals surface area contributed by atoms with Crippen LogP contribution in [0.3, 0.4) is 0 Å². The Labute approximate surface area is 133 Å². The molecule has 0 aliphatic heterocycles. The number of nitrogens with one attached hydrogen (secondary N) is 2. The molecule has 2 N–H and O–H groups in total. The Balaban J connectivity index is 2.67. The van der Waals surface area contributed by atoms with E-state index in [-0.39, 0.29) is 6.54 Å². The lowest BCUT2D eigenvalue weighted by atomic mass is 10.1. The van der Waals surface area contributed by atoms with Gasteiger partial charge in [0.2, 0.25) is 0 Å². The summed E-state index contributed by atoms with van der Waals surface area (Å²) in [5.74, 6) is 0.537. The molecular weight excluding hydrogens is 313 g/mol. The van der Waals surface area contributed by atoms with Gasteiger partial charge in [-0.25, -0.2) is 0 Å². The van der Waals surface area contributed by atoms with Crippen LogP contribution in [0.1, 0.15) is 11.1 Å². The highest BCUT2D eigenvalue weighted by molar-refractivity contribution is 5.76. The normalized spacial score (nSPS) is 12.7. The topological polar surface area (TPSA) is 52.0 Å². The van der Waals surface area contributed by atoms with Gasteiger partial charge in [0.25, 0.3) is 5.91 Å². The third-order valence-corrected chi connectivity index (χ3v) is 3.28. The SMILES string of the molecule is COc1cc(C)c(C[NH+](C)CC(=O)NCC(F)(F)F)cc1OC. The summed E-state index contributed by atoms with van der Waals surface area (Å²) in [5.41, 5.74) is 1.89. The number of likely N-dealkylation sites (N-methyl/N-ethyl adjacent to an activating group) is 1. The molecule has 1 atom stereocenters. The maximum absolute atomic E-state index is 12.1. The van der Waals surface area contributed by atoms with Crippen molar-refractivity contribution >= 4 is 5.91 Å². The smallest absolute Gasteiger partial charge is 0.405 e. The first-order valence-electron chi connectivity index (χ1n) is 7.02. The molecule has 0 fully saturated rings. The van der Waals surface area contributed by atoms with E-state index in [1.54, 1.807) is 14.2 Å². The molecule has 0 spiro atoms. The number of carbonyl (C=O) groups is 1. The molecule has 1 aromatic carbocycles. The summed E-state index contributed by atoms with van der Waals surface area (Å²) in [6.07, 6.45) is -4.40. The van der Waals surface area contributed by atoms with E-state index in [2.05, 4.69) is 0 Å². The Bertz CT molecular complexity index is 548. The van der Waals surface area contributed by atoms with Gasteiger partial charge in [-0.1, -0.05) is 0 Å². The highest BCUT2D eigenvalue weighted by atomic mass is 19.4. The molecule has 0 heterocycles. The second kappa shape index (κ2) is 8.05. The summed E-state index contributed by atoms with van der Waals surface area (Å²) < 4.78 is 46.6. The molecule has 1 unspecified atom stereocenters. The molecule has 130 valence electrons. The molecule has 1 amide bonds. The predicted octanol–water partition coefficient (Wildman–Crippen LogP) is 0.705. The minimum Gasteiger partial charge on any atom is -0.493 e. The molecule has 0 aromatic heterocycles. The van der Waals surface area contributed by atoms with Crippen molar-refractivity contribution in [3.8, 4) is 11.5 Å². The highest BCUT2D eigenvalue weighted by Gasteiger charge is 2.28. The van der Waals surface area contributed by atoms with Crippen LogP contribution in [0.2, 0.25) is 0 Å². The maximum atomic E-state index is 12.1. The summed E-state index contributed by atoms with van der Waals surface area (Å²) in [4.78, 5) is 12.3. The Morgan fingerprint density at radius 3 is 2.30 bits per heavy atom. The van der Waals surface area contributed by atoms with Gasteiger partial charge in [0, 0.05) is 5.56 Å². The van der Waals surface area contributed by atoms with E-state index in [4.69, 9.17) is 9.47 Å². The average molecular weight is 335 g/mol. The second-order valence-corrected chi connectivity index (χ2v) is 5.34. The number of methoxy groups -OCH3 is 2. The van der Waals surface area contributed by atoms with Crippen LogP contribution >= 0.6 is 0 Å². The van der Waals surface area contributed by atoms with E-state index >= 15 is 0 Å². The molecule has 0 radical (unpaired) electrons. The number of ether oxygens (including phenoxy) is 2. The number of halogens is 3. The molecule has 1 rings (SSSR count). The van der Waals surface area contributed by atoms with Gasteiger partial charge in [-0.15, -0.1) is 0 Å². The number of hydrogen-bond acceptors (Lipinski definition) is 3. The van der Waals surface area contributed by atoms with Gasteiger partial charge in [-0.3, -0.25) is 4.79 Å². The number of carbonyl (C=O) groups excluding carboxylic acids is 1. The Morgan fingerprint density at radius 2 is 1.78 bits per heavy atom. The Kier molecular flexibility index (Phi) is 6.68. The molecule has 0 saturated carbocycles. The zero-order valence-electron chi connectivity index (χ0n) is 13.6. The average Bonchev–Trinajstić information content (AvgIpc) is 2.46. The van der Waals surface area contributed by atoms with Gasteiger partial charge < -0.3 is 19.7 Å². The van der Waals surface area contributed by atoms with Crippen LogP contribution in [0, 0.1) is 6.92 Å². The van der Waals surface area contributed by atoms with Crippen molar-refractivity contribution in [1.29, 1.82) is 0 Å². The predicted molar refractivity (Wildman–Crippen MR) is 78.8 cm³/mol. The van der Waals surface area contributed by atoms with Crippen molar-refractivity contribution in [2.75, 3.05) is 34.4 Å².